The molecule has 0 fully saturated rings. The first kappa shape index (κ1) is 31.4. The van der Waals surface area contributed by atoms with E-state index in [1.807, 2.05) is 37.4 Å². The Balaban J connectivity index is 1.31. The smallest absolute Gasteiger partial charge is 0.251 e. The fraction of sp³-hybridized carbons (Fsp3) is 0.400. The molecule has 2 atom stereocenters. The van der Waals surface area contributed by atoms with Crippen molar-refractivity contribution in [3.05, 3.63) is 87.1 Å². The molecule has 3 aliphatic rings. The van der Waals surface area contributed by atoms with Crippen molar-refractivity contribution in [2.75, 3.05) is 51.1 Å². The number of nitrogen functional groups attached to an aromatic ring is 1. The number of nitrogens with zero attached hydrogens (tertiary/aromatic N) is 2. The van der Waals surface area contributed by atoms with Gasteiger partial charge in [0.25, 0.3) is 5.91 Å². The Kier molecular flexibility index (Phi) is 8.88. The topological polar surface area (TPSA) is 161 Å². The van der Waals surface area contributed by atoms with Crippen LogP contribution in [0.1, 0.15) is 55.7 Å². The number of nitrogens with one attached hydrogen (secondary N) is 2. The lowest BCUT2D eigenvalue weighted by Gasteiger charge is -2.25. The third kappa shape index (κ3) is 6.12. The Morgan fingerprint density at radius 1 is 1.07 bits per heavy atom. The molecule has 1 aliphatic carbocycles. The van der Waals surface area contributed by atoms with E-state index in [1.54, 1.807) is 18.0 Å². The molecule has 0 unspecified atom stereocenters. The van der Waals surface area contributed by atoms with E-state index < -0.39 is 11.5 Å². The molecule has 1 aromatic heterocycles. The summed E-state index contributed by atoms with van der Waals surface area (Å²) in [6.45, 7) is 3.98. The first-order valence-electron chi connectivity index (χ1n) is 15.8. The molecule has 6 rings (SSSR count). The van der Waals surface area contributed by atoms with Crippen LogP contribution in [0, 0.1) is 6.92 Å². The van der Waals surface area contributed by atoms with E-state index >= 15 is 0 Å². The molecular weight excluding hydrogens is 584 g/mol. The summed E-state index contributed by atoms with van der Waals surface area (Å²) in [5.74, 6) is -0.0929. The average Bonchev–Trinajstić information content (AvgIpc) is 3.56. The van der Waals surface area contributed by atoms with Gasteiger partial charge in [0.1, 0.15) is 11.9 Å². The number of amides is 3. The number of pyridine rings is 1. The quantitative estimate of drug-likeness (QED) is 0.249. The lowest BCUT2D eigenvalue weighted by molar-refractivity contribution is -0.132. The first-order chi connectivity index (χ1) is 22.2. The number of likely N-dealkylation sites (N-methyl/N-ethyl adjacent to an activating group) is 1. The van der Waals surface area contributed by atoms with Gasteiger partial charge in [-0.1, -0.05) is 12.1 Å². The van der Waals surface area contributed by atoms with Gasteiger partial charge >= 0.3 is 0 Å². The van der Waals surface area contributed by atoms with Gasteiger partial charge < -0.3 is 30.7 Å². The highest BCUT2D eigenvalue weighted by Crippen LogP contribution is 2.47. The van der Waals surface area contributed by atoms with Gasteiger partial charge in [-0.05, 0) is 84.7 Å². The third-order valence-electron chi connectivity index (χ3n) is 9.35. The number of carbonyl (C=O) groups excluding carboxylic acids is 3. The van der Waals surface area contributed by atoms with Crippen molar-refractivity contribution in [1.29, 1.82) is 0 Å². The predicted molar refractivity (Wildman–Crippen MR) is 174 cm³/mol. The third-order valence-corrected chi connectivity index (χ3v) is 9.35. The summed E-state index contributed by atoms with van der Waals surface area (Å²) < 4.78 is 11.5. The fourth-order valence-electron chi connectivity index (χ4n) is 6.74. The maximum absolute atomic E-state index is 13.8. The summed E-state index contributed by atoms with van der Waals surface area (Å²) in [6.07, 6.45) is 6.08. The largest absolute Gasteiger partial charge is 0.398 e. The number of aromatic nitrogens is 1. The number of fused-ring (bicyclic) bond motifs is 2. The van der Waals surface area contributed by atoms with Gasteiger partial charge in [-0.25, -0.2) is 4.98 Å². The van der Waals surface area contributed by atoms with Crippen LogP contribution in [0.15, 0.2) is 42.6 Å². The normalized spacial score (nSPS) is 22.2. The number of ether oxygens (including phenoxy) is 2. The molecule has 0 saturated heterocycles. The number of hydrogen-bond acceptors (Lipinski definition) is 7. The summed E-state index contributed by atoms with van der Waals surface area (Å²) in [4.78, 5) is 47.1. The van der Waals surface area contributed by atoms with Gasteiger partial charge in [0.2, 0.25) is 11.8 Å². The van der Waals surface area contributed by atoms with Crippen LogP contribution in [0.3, 0.4) is 0 Å². The lowest BCUT2D eigenvalue weighted by Crippen LogP contribution is -2.49. The highest BCUT2D eigenvalue weighted by molar-refractivity contribution is 6.06. The molecular formula is C35H41N6O5+. The van der Waals surface area contributed by atoms with Gasteiger partial charge in [-0.2, -0.15) is 0 Å². The second kappa shape index (κ2) is 13.0. The van der Waals surface area contributed by atoms with E-state index in [2.05, 4.69) is 21.7 Å². The predicted octanol–water partition coefficient (Wildman–Crippen LogP) is 0.918. The minimum Gasteiger partial charge on any atom is -0.398 e. The van der Waals surface area contributed by atoms with Crippen LogP contribution in [-0.4, -0.2) is 79.9 Å². The Hall–Kier alpha value is -4.61. The van der Waals surface area contributed by atoms with E-state index in [-0.39, 0.29) is 24.1 Å². The molecule has 2 aromatic carbocycles. The fourth-order valence-corrected chi connectivity index (χ4v) is 6.74. The monoisotopic (exact) mass is 625 g/mol. The molecule has 1 spiro atoms. The molecule has 240 valence electrons. The van der Waals surface area contributed by atoms with E-state index in [0.29, 0.717) is 68.4 Å². The summed E-state index contributed by atoms with van der Waals surface area (Å²) in [5.41, 5.74) is 12.6. The molecule has 0 radical (unpaired) electrons. The Labute approximate surface area is 268 Å². The van der Waals surface area contributed by atoms with E-state index in [1.165, 1.54) is 6.21 Å². The minimum atomic E-state index is -0.857. The van der Waals surface area contributed by atoms with Crippen molar-refractivity contribution in [3.63, 3.8) is 0 Å². The summed E-state index contributed by atoms with van der Waals surface area (Å²) in [5, 5.41) is 11.8. The average molecular weight is 626 g/mol. The van der Waals surface area contributed by atoms with Crippen molar-refractivity contribution in [1.82, 2.24) is 15.2 Å². The number of aryl methyl sites for hydroxylation is 2. The molecule has 3 amide bonds. The molecule has 11 nitrogen and oxygen atoms in total. The van der Waals surface area contributed by atoms with E-state index in [0.717, 1.165) is 46.2 Å². The van der Waals surface area contributed by atoms with Crippen LogP contribution in [0.5, 0.6) is 0 Å². The number of carbonyl (C=O) groups is 3. The lowest BCUT2D eigenvalue weighted by atomic mass is 9.79. The molecule has 0 saturated carbocycles. The zero-order valence-electron chi connectivity index (χ0n) is 26.4. The highest BCUT2D eigenvalue weighted by atomic mass is 16.5. The van der Waals surface area contributed by atoms with Crippen LogP contribution in [-0.2, 0) is 50.2 Å². The summed E-state index contributed by atoms with van der Waals surface area (Å²) >= 11 is 0. The van der Waals surface area contributed by atoms with Crippen molar-refractivity contribution in [3.8, 4) is 0 Å². The number of anilines is 2. The van der Waals surface area contributed by atoms with E-state index in [4.69, 9.17) is 20.6 Å². The molecule has 3 aromatic rings. The van der Waals surface area contributed by atoms with Crippen LogP contribution in [0.2, 0.25) is 0 Å². The minimum absolute atomic E-state index is 0.0753. The van der Waals surface area contributed by atoms with Gasteiger partial charge in [-0.3, -0.25) is 19.8 Å². The van der Waals surface area contributed by atoms with E-state index in [9.17, 15) is 14.4 Å². The maximum Gasteiger partial charge on any atom is 0.251 e. The van der Waals surface area contributed by atoms with Crippen molar-refractivity contribution in [2.24, 2.45) is 0 Å². The van der Waals surface area contributed by atoms with Gasteiger partial charge in [-0.15, -0.1) is 0 Å². The molecule has 46 heavy (non-hydrogen) atoms. The molecule has 6 N–H and O–H groups in total. The number of hydrogen-bond donors (Lipinski definition) is 4. The van der Waals surface area contributed by atoms with Crippen LogP contribution < -0.4 is 21.8 Å². The van der Waals surface area contributed by atoms with Crippen molar-refractivity contribution >= 4 is 35.4 Å². The van der Waals surface area contributed by atoms with Gasteiger partial charge in [0, 0.05) is 49.6 Å². The molecule has 5 bridgehead atoms. The number of rotatable bonds is 3. The zero-order chi connectivity index (χ0) is 32.4. The van der Waals surface area contributed by atoms with Gasteiger partial charge in [0.15, 0.2) is 6.21 Å². The zero-order valence-corrected chi connectivity index (χ0v) is 26.4. The molecule has 11 heteroatoms. The summed E-state index contributed by atoms with van der Waals surface area (Å²) in [6, 6.07) is 10.5. The van der Waals surface area contributed by atoms with Crippen molar-refractivity contribution in [2.45, 2.75) is 50.5 Å². The maximum atomic E-state index is 13.8. The molecule has 2 aliphatic heterocycles. The second-order valence-electron chi connectivity index (χ2n) is 12.5. The Morgan fingerprint density at radius 3 is 2.65 bits per heavy atom. The van der Waals surface area contributed by atoms with Gasteiger partial charge in [0.05, 0.1) is 30.8 Å². The van der Waals surface area contributed by atoms with Crippen LogP contribution in [0.4, 0.5) is 11.5 Å². The standard InChI is InChI=1S/C35H40N6O5/c1-21-12-23(13-27(19-36)30(21)37)15-29-33(43)41(2)7-9-46-11-10-45-8-3-4-22-14-28-31(38-20-22)40-34(44)35(28)17-25-6-5-24(32(42)39-29)16-26(25)18-35/h5-6,12-14,16,19-20,29,36H,3-4,7-11,15,17-18,37H2,1-2H3,(H,39,42)(H,38,40,44)/p+1/t29-,35+/m1/s1. The SMILES string of the molecule is Cc1cc(C[C@H]2NC(=O)c3ccc4c(c3)C[C@]3(C4)C(=O)Nc4ncc(cc43)CCCOCCOCCN(C)C2=O)cc(C=[NH2+])c1N. The summed E-state index contributed by atoms with van der Waals surface area (Å²) in [7, 11) is 1.70. The Bertz CT molecular complexity index is 1710. The Morgan fingerprint density at radius 2 is 1.85 bits per heavy atom. The molecule has 3 heterocycles. The van der Waals surface area contributed by atoms with Crippen LogP contribution >= 0.6 is 0 Å². The van der Waals surface area contributed by atoms with Crippen LogP contribution in [0.25, 0.3) is 0 Å². The van der Waals surface area contributed by atoms with Crippen molar-refractivity contribution < 1.29 is 29.3 Å². The second-order valence-corrected chi connectivity index (χ2v) is 12.5. The first-order valence-corrected chi connectivity index (χ1v) is 15.8. The highest BCUT2D eigenvalue weighted by Gasteiger charge is 2.51. The number of benzene rings is 2. The number of nitrogens with two attached hydrogens (primary N) is 2.